The third-order valence-corrected chi connectivity index (χ3v) is 4.51. The minimum absolute atomic E-state index is 0.0920. The zero-order valence-electron chi connectivity index (χ0n) is 13.0. The first-order valence-electron chi connectivity index (χ1n) is 7.62. The van der Waals surface area contributed by atoms with Gasteiger partial charge in [0.05, 0.1) is 13.8 Å². The van der Waals surface area contributed by atoms with Crippen molar-refractivity contribution in [3.63, 3.8) is 0 Å². The second kappa shape index (κ2) is 7.10. The zero-order valence-corrected chi connectivity index (χ0v) is 13.7. The van der Waals surface area contributed by atoms with Crippen molar-refractivity contribution in [3.05, 3.63) is 47.0 Å². The number of benzene rings is 1. The molecule has 0 aliphatic carbocycles. The predicted octanol–water partition coefficient (Wildman–Crippen LogP) is 2.38. The third kappa shape index (κ3) is 3.71. The smallest absolute Gasteiger partial charge is 0.377 e. The number of likely N-dealkylation sites (tertiary alicyclic amines) is 1. The molecule has 1 saturated heterocycles. The molecule has 1 aromatic carbocycles. The van der Waals surface area contributed by atoms with Gasteiger partial charge in [-0.05, 0) is 30.9 Å². The number of aromatic nitrogens is 3. The Kier molecular flexibility index (Phi) is 4.93. The first-order valence-corrected chi connectivity index (χ1v) is 8.00. The van der Waals surface area contributed by atoms with E-state index in [9.17, 15) is 4.79 Å². The third-order valence-electron chi connectivity index (χ3n) is 4.14. The molecule has 122 valence electrons. The summed E-state index contributed by atoms with van der Waals surface area (Å²) in [6, 6.07) is 8.38. The topological polar surface area (TPSA) is 60.2 Å². The number of carbonyl (C=O) groups is 1. The Bertz CT molecular complexity index is 688. The Morgan fingerprint density at radius 1 is 1.43 bits per heavy atom. The molecule has 2 heterocycles. The summed E-state index contributed by atoms with van der Waals surface area (Å²) in [5, 5.41) is 4.98. The lowest BCUT2D eigenvalue weighted by Crippen LogP contribution is -2.33. The van der Waals surface area contributed by atoms with Crippen molar-refractivity contribution in [2.24, 2.45) is 0 Å². The molecule has 6 nitrogen and oxygen atoms in total. The van der Waals surface area contributed by atoms with E-state index < -0.39 is 5.97 Å². The fourth-order valence-electron chi connectivity index (χ4n) is 2.96. The number of carbonyl (C=O) groups excluding carboxylic acids is 1. The second-order valence-corrected chi connectivity index (χ2v) is 6.05. The van der Waals surface area contributed by atoms with Gasteiger partial charge < -0.3 is 4.74 Å². The van der Waals surface area contributed by atoms with E-state index >= 15 is 0 Å². The predicted molar refractivity (Wildman–Crippen MR) is 86.2 cm³/mol. The highest BCUT2D eigenvalue weighted by molar-refractivity contribution is 6.31. The summed E-state index contributed by atoms with van der Waals surface area (Å²) >= 11 is 6.27. The molecular formula is C16H19ClN4O2. The van der Waals surface area contributed by atoms with Crippen molar-refractivity contribution >= 4 is 17.6 Å². The summed E-state index contributed by atoms with van der Waals surface area (Å²) in [7, 11) is 1.32. The maximum atomic E-state index is 11.4. The molecule has 2 aromatic rings. The average Bonchev–Trinajstić information content (AvgIpc) is 3.19. The largest absolute Gasteiger partial charge is 0.463 e. The lowest BCUT2D eigenvalue weighted by Gasteiger charge is -2.24. The van der Waals surface area contributed by atoms with Crippen LogP contribution in [0.5, 0.6) is 0 Å². The fourth-order valence-corrected chi connectivity index (χ4v) is 3.18. The van der Waals surface area contributed by atoms with Crippen molar-refractivity contribution in [3.8, 4) is 0 Å². The van der Waals surface area contributed by atoms with E-state index in [1.807, 2.05) is 18.2 Å². The lowest BCUT2D eigenvalue weighted by atomic mass is 10.0. The maximum Gasteiger partial charge on any atom is 0.377 e. The standard InChI is InChI=1S/C16H19ClN4O2/c1-23-16(22)15-18-10-21(19-15)11-20-8-4-6-13(20)9-12-5-2-3-7-14(12)17/h2-3,5,7,10,13H,4,6,8-9,11H2,1H3. The van der Waals surface area contributed by atoms with Gasteiger partial charge in [-0.2, -0.15) is 0 Å². The van der Waals surface area contributed by atoms with Gasteiger partial charge in [-0.15, -0.1) is 5.10 Å². The van der Waals surface area contributed by atoms with Crippen LogP contribution in [0.3, 0.4) is 0 Å². The molecule has 0 saturated carbocycles. The van der Waals surface area contributed by atoms with Gasteiger partial charge in [0.2, 0.25) is 0 Å². The van der Waals surface area contributed by atoms with Crippen molar-refractivity contribution < 1.29 is 9.53 Å². The van der Waals surface area contributed by atoms with Crippen molar-refractivity contribution in [2.75, 3.05) is 13.7 Å². The van der Waals surface area contributed by atoms with Crippen LogP contribution in [0.25, 0.3) is 0 Å². The highest BCUT2D eigenvalue weighted by atomic mass is 35.5. The van der Waals surface area contributed by atoms with E-state index in [1.54, 1.807) is 11.0 Å². The number of halogens is 1. The minimum atomic E-state index is -0.516. The molecule has 1 aromatic heterocycles. The van der Waals surface area contributed by atoms with Crippen molar-refractivity contribution in [2.45, 2.75) is 32.0 Å². The van der Waals surface area contributed by atoms with Crippen LogP contribution in [0.15, 0.2) is 30.6 Å². The van der Waals surface area contributed by atoms with Crippen LogP contribution in [0.4, 0.5) is 0 Å². The lowest BCUT2D eigenvalue weighted by molar-refractivity contribution is 0.0585. The van der Waals surface area contributed by atoms with Gasteiger partial charge >= 0.3 is 5.97 Å². The molecule has 3 rings (SSSR count). The number of nitrogens with zero attached hydrogens (tertiary/aromatic N) is 4. The molecule has 1 aliphatic rings. The highest BCUT2D eigenvalue weighted by Crippen LogP contribution is 2.25. The summed E-state index contributed by atoms with van der Waals surface area (Å²) in [6.45, 7) is 1.61. The molecule has 0 N–H and O–H groups in total. The van der Waals surface area contributed by atoms with E-state index in [-0.39, 0.29) is 5.82 Å². The summed E-state index contributed by atoms with van der Waals surface area (Å²) < 4.78 is 6.31. The van der Waals surface area contributed by atoms with Crippen LogP contribution in [0.2, 0.25) is 5.02 Å². The molecule has 1 atom stereocenters. The summed E-state index contributed by atoms with van der Waals surface area (Å²) in [4.78, 5) is 17.7. The van der Waals surface area contributed by atoms with Gasteiger partial charge in [-0.1, -0.05) is 29.8 Å². The second-order valence-electron chi connectivity index (χ2n) is 5.64. The van der Waals surface area contributed by atoms with Crippen LogP contribution in [0.1, 0.15) is 29.0 Å². The quantitative estimate of drug-likeness (QED) is 0.786. The number of ether oxygens (including phenoxy) is 1. The average molecular weight is 335 g/mol. The number of rotatable bonds is 5. The van der Waals surface area contributed by atoms with Crippen molar-refractivity contribution in [1.82, 2.24) is 19.7 Å². The van der Waals surface area contributed by atoms with E-state index in [0.717, 1.165) is 30.8 Å². The Balaban J connectivity index is 1.66. The van der Waals surface area contributed by atoms with E-state index in [0.29, 0.717) is 12.7 Å². The van der Waals surface area contributed by atoms with Gasteiger partial charge in [0, 0.05) is 17.6 Å². The van der Waals surface area contributed by atoms with Crippen molar-refractivity contribution in [1.29, 1.82) is 0 Å². The van der Waals surface area contributed by atoms with Crippen LogP contribution in [0, 0.1) is 0 Å². The summed E-state index contributed by atoms with van der Waals surface area (Å²) in [5.74, 6) is -0.424. The Labute approximate surface area is 140 Å². The molecule has 7 heteroatoms. The summed E-state index contributed by atoms with van der Waals surface area (Å²) in [5.41, 5.74) is 1.17. The molecule has 0 amide bonds. The molecule has 0 bridgehead atoms. The highest BCUT2D eigenvalue weighted by Gasteiger charge is 2.26. The van der Waals surface area contributed by atoms with Gasteiger partial charge in [0.15, 0.2) is 0 Å². The fraction of sp³-hybridized carbons (Fsp3) is 0.438. The number of hydrogen-bond acceptors (Lipinski definition) is 5. The molecule has 23 heavy (non-hydrogen) atoms. The van der Waals surface area contributed by atoms with Crippen LogP contribution < -0.4 is 0 Å². The molecule has 0 spiro atoms. The Morgan fingerprint density at radius 2 is 2.26 bits per heavy atom. The number of esters is 1. The molecule has 1 aliphatic heterocycles. The van der Waals surface area contributed by atoms with Crippen LogP contribution in [-0.2, 0) is 17.8 Å². The SMILES string of the molecule is COC(=O)c1ncn(CN2CCCC2Cc2ccccc2Cl)n1. The molecule has 1 fully saturated rings. The first kappa shape index (κ1) is 16.0. The first-order chi connectivity index (χ1) is 11.2. The van der Waals surface area contributed by atoms with Gasteiger partial charge in [-0.25, -0.2) is 14.5 Å². The van der Waals surface area contributed by atoms with E-state index in [1.165, 1.54) is 12.7 Å². The number of hydrogen-bond donors (Lipinski definition) is 0. The van der Waals surface area contributed by atoms with E-state index in [2.05, 4.69) is 25.8 Å². The molecule has 0 radical (unpaired) electrons. The normalized spacial score (nSPS) is 18.3. The summed E-state index contributed by atoms with van der Waals surface area (Å²) in [6.07, 6.45) is 4.76. The maximum absolute atomic E-state index is 11.4. The zero-order chi connectivity index (χ0) is 16.2. The Morgan fingerprint density at radius 3 is 3.04 bits per heavy atom. The number of methoxy groups -OCH3 is 1. The Hall–Kier alpha value is -1.92. The minimum Gasteiger partial charge on any atom is -0.463 e. The monoisotopic (exact) mass is 334 g/mol. The molecular weight excluding hydrogens is 316 g/mol. The van der Waals surface area contributed by atoms with Gasteiger partial charge in [0.25, 0.3) is 5.82 Å². The van der Waals surface area contributed by atoms with Gasteiger partial charge in [0.1, 0.15) is 6.33 Å². The van der Waals surface area contributed by atoms with Crippen LogP contribution in [-0.4, -0.2) is 45.3 Å². The molecule has 1 unspecified atom stereocenters. The van der Waals surface area contributed by atoms with E-state index in [4.69, 9.17) is 11.6 Å². The van der Waals surface area contributed by atoms with Crippen LogP contribution >= 0.6 is 11.6 Å². The van der Waals surface area contributed by atoms with Gasteiger partial charge in [-0.3, -0.25) is 4.90 Å².